The summed E-state index contributed by atoms with van der Waals surface area (Å²) in [6, 6.07) is 7.91. The number of ketones is 1. The first-order chi connectivity index (χ1) is 10.2. The lowest BCUT2D eigenvalue weighted by molar-refractivity contribution is 0.100. The third-order valence-corrected chi connectivity index (χ3v) is 4.38. The molecule has 0 N–H and O–H groups in total. The van der Waals surface area contributed by atoms with Crippen molar-refractivity contribution < 1.29 is 9.53 Å². The van der Waals surface area contributed by atoms with Gasteiger partial charge in [-0.3, -0.25) is 9.48 Å². The van der Waals surface area contributed by atoms with Crippen LogP contribution in [0.4, 0.5) is 0 Å². The fourth-order valence-corrected chi connectivity index (χ4v) is 3.32. The van der Waals surface area contributed by atoms with Crippen LogP contribution in [0.3, 0.4) is 0 Å². The number of hydrogen-bond donors (Lipinski definition) is 0. The van der Waals surface area contributed by atoms with Crippen LogP contribution in [0.15, 0.2) is 39.8 Å². The molecule has 0 saturated carbocycles. The number of rotatable bonds is 7. The zero-order valence-corrected chi connectivity index (χ0v) is 14.4. The van der Waals surface area contributed by atoms with E-state index in [-0.39, 0.29) is 5.78 Å². The normalized spacial score (nSPS) is 10.6. The highest BCUT2D eigenvalue weighted by Gasteiger charge is 2.19. The number of hydrogen-bond acceptors (Lipinski definition) is 4. The zero-order chi connectivity index (χ0) is 15.2. The molecule has 1 aromatic heterocycles. The number of benzene rings is 1. The Labute approximate surface area is 137 Å². The number of nitrogens with zero attached hydrogens (tertiary/aromatic N) is 2. The van der Waals surface area contributed by atoms with E-state index >= 15 is 0 Å². The van der Waals surface area contributed by atoms with Crippen LogP contribution in [0, 0.1) is 0 Å². The Bertz CT molecular complexity index is 628. The highest BCUT2D eigenvalue weighted by atomic mass is 79.9. The smallest absolute Gasteiger partial charge is 0.194 e. The van der Waals surface area contributed by atoms with E-state index in [1.165, 1.54) is 11.8 Å². The van der Waals surface area contributed by atoms with Gasteiger partial charge < -0.3 is 4.74 Å². The molecule has 0 amide bonds. The summed E-state index contributed by atoms with van der Waals surface area (Å²) in [6.07, 6.45) is 2.52. The monoisotopic (exact) mass is 368 g/mol. The number of carbonyl (C=O) groups excluding carboxylic acids is 1. The Morgan fingerprint density at radius 1 is 1.48 bits per heavy atom. The lowest BCUT2D eigenvalue weighted by Gasteiger charge is -2.07. The summed E-state index contributed by atoms with van der Waals surface area (Å²) in [7, 11) is 1.56. The van der Waals surface area contributed by atoms with Gasteiger partial charge in [0.1, 0.15) is 5.69 Å². The van der Waals surface area contributed by atoms with Gasteiger partial charge in [0, 0.05) is 15.9 Å². The van der Waals surface area contributed by atoms with Crippen molar-refractivity contribution in [1.29, 1.82) is 0 Å². The maximum Gasteiger partial charge on any atom is 0.194 e. The summed E-state index contributed by atoms with van der Waals surface area (Å²) < 4.78 is 7.98. The van der Waals surface area contributed by atoms with E-state index in [4.69, 9.17) is 4.74 Å². The molecule has 0 bridgehead atoms. The fourth-order valence-electron chi connectivity index (χ4n) is 1.95. The minimum atomic E-state index is 0.0303. The van der Waals surface area contributed by atoms with Crippen LogP contribution in [-0.2, 0) is 6.54 Å². The van der Waals surface area contributed by atoms with Gasteiger partial charge in [0.2, 0.25) is 0 Å². The van der Waals surface area contributed by atoms with Gasteiger partial charge in [0.05, 0.1) is 19.1 Å². The summed E-state index contributed by atoms with van der Waals surface area (Å²) in [4.78, 5) is 13.5. The molecule has 2 aromatic rings. The van der Waals surface area contributed by atoms with Gasteiger partial charge >= 0.3 is 0 Å². The first-order valence-corrected chi connectivity index (χ1v) is 8.45. The fraction of sp³-hybridized carbons (Fsp3) is 0.333. The predicted octanol–water partition coefficient (Wildman–Crippen LogP) is 4.04. The van der Waals surface area contributed by atoms with Crippen LogP contribution in [0.5, 0.6) is 5.75 Å². The Kier molecular flexibility index (Phi) is 5.87. The first kappa shape index (κ1) is 16.1. The molecule has 0 fully saturated rings. The van der Waals surface area contributed by atoms with Gasteiger partial charge in [-0.05, 0) is 24.6 Å². The van der Waals surface area contributed by atoms with E-state index in [0.717, 1.165) is 15.8 Å². The maximum atomic E-state index is 12.5. The molecular weight excluding hydrogens is 352 g/mol. The third kappa shape index (κ3) is 4.11. The molecule has 6 heteroatoms. The first-order valence-electron chi connectivity index (χ1n) is 6.67. The van der Waals surface area contributed by atoms with Crippen LogP contribution >= 0.6 is 27.7 Å². The van der Waals surface area contributed by atoms with E-state index < -0.39 is 0 Å². The second-order valence-corrected chi connectivity index (χ2v) is 6.42. The molecule has 0 aliphatic heterocycles. The molecule has 0 atom stereocenters. The van der Waals surface area contributed by atoms with Crippen molar-refractivity contribution in [3.05, 3.63) is 40.6 Å². The van der Waals surface area contributed by atoms with Crippen LogP contribution < -0.4 is 4.74 Å². The second-order valence-electron chi connectivity index (χ2n) is 4.45. The van der Waals surface area contributed by atoms with Gasteiger partial charge in [-0.1, -0.05) is 28.9 Å². The van der Waals surface area contributed by atoms with Gasteiger partial charge in [-0.2, -0.15) is 5.10 Å². The highest BCUT2D eigenvalue weighted by molar-refractivity contribution is 9.10. The maximum absolute atomic E-state index is 12.5. The van der Waals surface area contributed by atoms with Crippen LogP contribution in [0.1, 0.15) is 23.8 Å². The number of halogens is 1. The van der Waals surface area contributed by atoms with Gasteiger partial charge in [-0.25, -0.2) is 0 Å². The molecule has 1 aromatic carbocycles. The zero-order valence-electron chi connectivity index (χ0n) is 12.0. The Morgan fingerprint density at radius 3 is 2.95 bits per heavy atom. The van der Waals surface area contributed by atoms with Crippen LogP contribution in [0.2, 0.25) is 0 Å². The summed E-state index contributed by atoms with van der Waals surface area (Å²) in [5.74, 6) is 0.938. The standard InChI is InChI=1S/C15H17BrN2O2S/c1-3-7-18-15(14(20-2)9-17-18)13(19)10-21-12-6-4-5-11(16)8-12/h4-6,8-9H,3,7,10H2,1-2H3. The lowest BCUT2D eigenvalue weighted by Crippen LogP contribution is -2.13. The largest absolute Gasteiger partial charge is 0.493 e. The summed E-state index contributed by atoms with van der Waals surface area (Å²) in [6.45, 7) is 2.77. The quantitative estimate of drug-likeness (QED) is 0.546. The molecular formula is C15H17BrN2O2S. The number of aryl methyl sites for hydroxylation is 1. The van der Waals surface area contributed by atoms with Crippen molar-refractivity contribution in [2.45, 2.75) is 24.8 Å². The molecule has 0 saturated heterocycles. The lowest BCUT2D eigenvalue weighted by atomic mass is 10.3. The molecule has 0 unspecified atom stereocenters. The highest BCUT2D eigenvalue weighted by Crippen LogP contribution is 2.25. The predicted molar refractivity (Wildman–Crippen MR) is 88.3 cm³/mol. The average Bonchev–Trinajstić information content (AvgIpc) is 2.88. The average molecular weight is 369 g/mol. The van der Waals surface area contributed by atoms with Gasteiger partial charge in [0.25, 0.3) is 0 Å². The minimum absolute atomic E-state index is 0.0303. The van der Waals surface area contributed by atoms with Crippen molar-refractivity contribution in [2.24, 2.45) is 0 Å². The Hall–Kier alpha value is -1.27. The summed E-state index contributed by atoms with van der Waals surface area (Å²) in [5, 5.41) is 4.22. The summed E-state index contributed by atoms with van der Waals surface area (Å²) in [5.41, 5.74) is 0.557. The third-order valence-electron chi connectivity index (χ3n) is 2.89. The van der Waals surface area contributed by atoms with E-state index in [9.17, 15) is 4.79 Å². The summed E-state index contributed by atoms with van der Waals surface area (Å²) >= 11 is 4.94. The molecule has 0 aliphatic carbocycles. The van der Waals surface area contributed by atoms with Gasteiger partial charge in [-0.15, -0.1) is 11.8 Å². The van der Waals surface area contributed by atoms with Crippen molar-refractivity contribution in [3.8, 4) is 5.75 Å². The van der Waals surface area contributed by atoms with Crippen molar-refractivity contribution in [3.63, 3.8) is 0 Å². The number of thioether (sulfide) groups is 1. The van der Waals surface area contributed by atoms with E-state index in [2.05, 4.69) is 28.0 Å². The number of ether oxygens (including phenoxy) is 1. The van der Waals surface area contributed by atoms with E-state index in [1.54, 1.807) is 18.0 Å². The molecule has 0 radical (unpaired) electrons. The number of carbonyl (C=O) groups is 1. The van der Waals surface area contributed by atoms with E-state index in [1.807, 2.05) is 24.3 Å². The second kappa shape index (κ2) is 7.66. The van der Waals surface area contributed by atoms with Gasteiger partial charge in [0.15, 0.2) is 11.5 Å². The minimum Gasteiger partial charge on any atom is -0.493 e. The molecule has 4 nitrogen and oxygen atoms in total. The van der Waals surface area contributed by atoms with Crippen LogP contribution in [-0.4, -0.2) is 28.4 Å². The molecule has 1 heterocycles. The molecule has 112 valence electrons. The number of methoxy groups -OCH3 is 1. The SMILES string of the molecule is CCCn1ncc(OC)c1C(=O)CSc1cccc(Br)c1. The topological polar surface area (TPSA) is 44.1 Å². The Balaban J connectivity index is 2.11. The number of Topliss-reactive ketones (excluding diaryl/α,β-unsaturated/α-hetero) is 1. The van der Waals surface area contributed by atoms with E-state index in [0.29, 0.717) is 23.7 Å². The molecule has 0 spiro atoms. The molecule has 21 heavy (non-hydrogen) atoms. The Morgan fingerprint density at radius 2 is 2.29 bits per heavy atom. The van der Waals surface area contributed by atoms with Crippen molar-refractivity contribution in [1.82, 2.24) is 9.78 Å². The molecule has 0 aliphatic rings. The number of aromatic nitrogens is 2. The molecule has 2 rings (SSSR count). The van der Waals surface area contributed by atoms with Crippen molar-refractivity contribution in [2.75, 3.05) is 12.9 Å². The van der Waals surface area contributed by atoms with Crippen LogP contribution in [0.25, 0.3) is 0 Å². The van der Waals surface area contributed by atoms with Crippen molar-refractivity contribution >= 4 is 33.5 Å².